The topological polar surface area (TPSA) is 683 Å². The molecule has 4 aliphatic heterocycles. The number of carbonyl (C=O) groups excluding carboxylic acids is 16. The van der Waals surface area contributed by atoms with Gasteiger partial charge in [-0.3, -0.25) is 57.5 Å². The summed E-state index contributed by atoms with van der Waals surface area (Å²) >= 11 is 0. The number of carbonyl (C=O) groups is 21. The van der Waals surface area contributed by atoms with Gasteiger partial charge in [0.05, 0.1) is 169 Å². The normalized spacial score (nSPS) is 15.0. The van der Waals surface area contributed by atoms with Crippen LogP contribution in [0, 0.1) is 10.8 Å². The molecular weight excluding hydrogens is 1840 g/mol. The number of nitrogens with zero attached hydrogens (tertiary/aromatic N) is 4. The second-order valence-corrected chi connectivity index (χ2v) is 28.6. The van der Waals surface area contributed by atoms with Crippen molar-refractivity contribution in [1.29, 1.82) is 0 Å². The number of imide groups is 4. The minimum absolute atomic E-state index is 0. The molecule has 0 radical (unpaired) electrons. The quantitative estimate of drug-likeness (QED) is 0.0212. The van der Waals surface area contributed by atoms with Crippen molar-refractivity contribution in [1.82, 2.24) is 20.3 Å². The largest absolute Gasteiger partial charge is 0.479 e. The smallest absolute Gasteiger partial charge is 0.358 e. The van der Waals surface area contributed by atoms with Gasteiger partial charge >= 0.3 is 53.7 Å². The highest BCUT2D eigenvalue weighted by molar-refractivity contribution is 6.04. The molecule has 762 valence electrons. The molecule has 0 aromatic heterocycles. The maximum atomic E-state index is 13.3. The molecular formula is C78H114F5N5O46. The van der Waals surface area contributed by atoms with E-state index in [9.17, 15) is 123 Å². The van der Waals surface area contributed by atoms with Gasteiger partial charge in [0, 0.05) is 83.6 Å². The van der Waals surface area contributed by atoms with E-state index in [0.29, 0.717) is 20.3 Å². The van der Waals surface area contributed by atoms with Crippen LogP contribution in [0.2, 0.25) is 0 Å². The number of hydrogen-bond acceptors (Lipinski definition) is 42. The third-order valence-corrected chi connectivity index (χ3v) is 17.2. The second-order valence-electron chi connectivity index (χ2n) is 28.6. The molecule has 5 atom stereocenters. The molecule has 0 saturated carbocycles. The van der Waals surface area contributed by atoms with E-state index in [1.807, 2.05) is 0 Å². The summed E-state index contributed by atoms with van der Waals surface area (Å²) in [7, 11) is 0. The SMILES string of the molecule is C.NC[C@@H](F)C(=O)O.O=C(CC[C@@H](F)C(=O)O)COCCOCC(COCCOCC(=O)CC[C@@H](F)C(=O)O)(COCCOCC(=O)CC[C@@H](F)C(=O)O)COCCOCC(=O)CC[C@@H](F)C(=O)O.O=C(COCCOCC(COCCOCC(=O)ON1C(=O)CCC1=O)(COCCOCC(=O)ON1C(=O)CCC1=O)COCCOCC(=O)ON1C(=O)CCC1=O)ON1C(=O)CCC1=O. The van der Waals surface area contributed by atoms with Crippen molar-refractivity contribution in [2.24, 2.45) is 16.6 Å². The van der Waals surface area contributed by atoms with E-state index in [1.165, 1.54) is 0 Å². The number of hydrogen-bond donors (Lipinski definition) is 6. The number of ketones is 4. The van der Waals surface area contributed by atoms with Crippen molar-refractivity contribution in [2.75, 3.05) is 218 Å². The summed E-state index contributed by atoms with van der Waals surface area (Å²) in [6, 6.07) is 0. The third kappa shape index (κ3) is 54.7. The molecule has 0 unspecified atom stereocenters. The Morgan fingerprint density at radius 3 is 0.530 bits per heavy atom. The molecule has 0 spiro atoms. The maximum Gasteiger partial charge on any atom is 0.358 e. The van der Waals surface area contributed by atoms with Crippen molar-refractivity contribution in [2.45, 2.75) is 141 Å². The predicted molar refractivity (Wildman–Crippen MR) is 422 cm³/mol. The zero-order valence-electron chi connectivity index (χ0n) is 72.3. The van der Waals surface area contributed by atoms with E-state index < -0.39 is 251 Å². The van der Waals surface area contributed by atoms with Gasteiger partial charge in [0.1, 0.15) is 52.9 Å². The molecule has 4 aliphatic rings. The zero-order valence-corrected chi connectivity index (χ0v) is 72.3. The molecule has 7 N–H and O–H groups in total. The standard InChI is InChI=1S/C37H56F4O20.C37H48N4O24.C3H6FNO2.CH4/c38-29(33(46)47)5-1-25(42)17-54-9-13-58-21-37(22-59-14-10-55-18-26(43)2-6-30(39)34(48)49,23-60-15-11-56-19-27(44)3-7-31(40)35(50)51)24-61-16-12-57-20-28(45)4-8-32(41)36(52)53;42-25-1-2-26(43)38(25)62-33(50)17-54-9-13-58-21-37(22-59-14-10-55-18-34(51)63-39-27(44)3-4-28(39)45,23-60-15-11-56-19-35(52)64-40-29(46)5-6-30(40)47)24-61-16-12-57-20-36(53)65-41-31(48)7-8-32(41)49;4-2(1-5)3(6)7;/h29-32H,1-24H2,(H,46,47)(H,48,49)(H,50,51)(H,52,53);1-24H2;2H,1,5H2,(H,6,7);1H4/t29-,30-,31-,32-;;2-;/m1.1./s1. The summed E-state index contributed by atoms with van der Waals surface area (Å²) in [5.41, 5.74) is 2.28. The van der Waals surface area contributed by atoms with Crippen LogP contribution in [-0.4, -0.2) is 419 Å². The van der Waals surface area contributed by atoms with E-state index >= 15 is 0 Å². The molecule has 4 saturated heterocycles. The van der Waals surface area contributed by atoms with Gasteiger partial charge in [-0.25, -0.2) is 65.1 Å². The summed E-state index contributed by atoms with van der Waals surface area (Å²) in [5.74, 6) is -19.8. The summed E-state index contributed by atoms with van der Waals surface area (Å²) in [4.78, 5) is 261. The van der Waals surface area contributed by atoms with E-state index in [2.05, 4.69) is 5.73 Å². The molecule has 134 heavy (non-hydrogen) atoms. The lowest BCUT2D eigenvalue weighted by molar-refractivity contribution is -0.201. The summed E-state index contributed by atoms with van der Waals surface area (Å²) in [5, 5.41) is 43.7. The monoisotopic (exact) mass is 1950 g/mol. The third-order valence-electron chi connectivity index (χ3n) is 17.2. The van der Waals surface area contributed by atoms with Crippen LogP contribution in [0.3, 0.4) is 0 Å². The summed E-state index contributed by atoms with van der Waals surface area (Å²) < 4.78 is 153. The van der Waals surface area contributed by atoms with Gasteiger partial charge < -0.3 is 126 Å². The van der Waals surface area contributed by atoms with Crippen LogP contribution in [0.15, 0.2) is 0 Å². The summed E-state index contributed by atoms with van der Waals surface area (Å²) in [6.07, 6.45) is -15.0. The van der Waals surface area contributed by atoms with Crippen LogP contribution in [-0.2, 0) is 196 Å². The molecule has 4 rings (SSSR count). The number of ether oxygens (including phenoxy) is 16. The molecule has 56 heteroatoms. The number of nitrogens with two attached hydrogens (primary N) is 1. The van der Waals surface area contributed by atoms with Crippen molar-refractivity contribution >= 4 is 124 Å². The number of hydroxylamine groups is 8. The van der Waals surface area contributed by atoms with Crippen LogP contribution in [0.1, 0.15) is 110 Å². The van der Waals surface area contributed by atoms with Gasteiger partial charge in [-0.05, 0) is 25.7 Å². The molecule has 0 aromatic carbocycles. The lowest BCUT2D eigenvalue weighted by atomic mass is 9.92. The van der Waals surface area contributed by atoms with Crippen molar-refractivity contribution in [3.63, 3.8) is 0 Å². The van der Waals surface area contributed by atoms with E-state index in [-0.39, 0.29) is 243 Å². The van der Waals surface area contributed by atoms with Crippen LogP contribution < -0.4 is 5.73 Å². The molecule has 0 aliphatic carbocycles. The number of alkyl halides is 5. The average molecular weight is 1950 g/mol. The molecule has 0 aromatic rings. The minimum Gasteiger partial charge on any atom is -0.479 e. The number of rotatable bonds is 78. The maximum absolute atomic E-state index is 13.3. The van der Waals surface area contributed by atoms with Gasteiger partial charge in [-0.15, -0.1) is 20.3 Å². The van der Waals surface area contributed by atoms with Gasteiger partial charge in [0.25, 0.3) is 47.3 Å². The first-order chi connectivity index (χ1) is 63.2. The van der Waals surface area contributed by atoms with Gasteiger partial charge in [-0.2, -0.15) is 0 Å². The molecule has 8 amide bonds. The Hall–Kier alpha value is -10.6. The average Bonchev–Trinajstić information content (AvgIpc) is 1.74. The minimum atomic E-state index is -2.20. The fraction of sp³-hybridized carbons (Fsp3) is 0.731. The first-order valence-electron chi connectivity index (χ1n) is 40.9. The summed E-state index contributed by atoms with van der Waals surface area (Å²) in [6.45, 7) is -8.33. The highest BCUT2D eigenvalue weighted by Gasteiger charge is 2.39. The van der Waals surface area contributed by atoms with Crippen molar-refractivity contribution in [3.8, 4) is 0 Å². The number of carboxylic acid groups (broad SMARTS) is 5. The van der Waals surface area contributed by atoms with Crippen LogP contribution >= 0.6 is 0 Å². The van der Waals surface area contributed by atoms with E-state index in [1.54, 1.807) is 0 Å². The Labute approximate surface area is 760 Å². The van der Waals surface area contributed by atoms with Crippen LogP contribution in [0.4, 0.5) is 22.0 Å². The molecule has 51 nitrogen and oxygen atoms in total. The van der Waals surface area contributed by atoms with Gasteiger partial charge in [0.15, 0.2) is 47.8 Å². The van der Waals surface area contributed by atoms with Gasteiger partial charge in [0.2, 0.25) is 6.17 Å². The van der Waals surface area contributed by atoms with E-state index in [4.69, 9.17) is 121 Å². The van der Waals surface area contributed by atoms with E-state index in [0.717, 1.165) is 0 Å². The number of halogens is 5. The van der Waals surface area contributed by atoms with Crippen LogP contribution in [0.5, 0.6) is 0 Å². The number of aliphatic carboxylic acids is 5. The molecule has 4 fully saturated rings. The lowest BCUT2D eigenvalue weighted by Gasteiger charge is -2.33. The highest BCUT2D eigenvalue weighted by Crippen LogP contribution is 2.24. The first kappa shape index (κ1) is 121. The Kier molecular flexibility index (Phi) is 63.6. The predicted octanol–water partition coefficient (Wildman–Crippen LogP) is -2.27. The zero-order chi connectivity index (χ0) is 99.1. The van der Waals surface area contributed by atoms with Crippen molar-refractivity contribution in [3.05, 3.63) is 0 Å². The Morgan fingerprint density at radius 1 is 0.254 bits per heavy atom. The Morgan fingerprint density at radius 2 is 0.396 bits per heavy atom. The second kappa shape index (κ2) is 70.1. The fourth-order valence-electron chi connectivity index (χ4n) is 10.3. The molecule has 0 bridgehead atoms. The Bertz CT molecular complexity index is 3260. The first-order valence-corrected chi connectivity index (χ1v) is 40.9. The fourth-order valence-corrected chi connectivity index (χ4v) is 10.3. The molecule has 4 heterocycles. The van der Waals surface area contributed by atoms with Gasteiger partial charge in [-0.1, -0.05) is 7.43 Å². The number of amides is 8. The lowest BCUT2D eigenvalue weighted by Crippen LogP contribution is -2.43. The highest BCUT2D eigenvalue weighted by atomic mass is 19.2. The van der Waals surface area contributed by atoms with Crippen molar-refractivity contribution < 1.29 is 243 Å². The number of Topliss-reactive ketones (excluding diaryl/α,β-unsaturated/α-hetero) is 4. The van der Waals surface area contributed by atoms with Crippen LogP contribution in [0.25, 0.3) is 0 Å². The number of carboxylic acids is 5. The Balaban J connectivity index is 0.00000124.